The minimum Gasteiger partial charge on any atom is -0.445 e. The van der Waals surface area contributed by atoms with Gasteiger partial charge in [0.15, 0.2) is 0 Å². The van der Waals surface area contributed by atoms with E-state index in [1.165, 1.54) is 0 Å². The van der Waals surface area contributed by atoms with Gasteiger partial charge in [0, 0.05) is 11.8 Å². The molecule has 130 valence electrons. The van der Waals surface area contributed by atoms with Crippen LogP contribution in [0.15, 0.2) is 30.3 Å². The fourth-order valence-electron chi connectivity index (χ4n) is 2.06. The predicted molar refractivity (Wildman–Crippen MR) is 96.2 cm³/mol. The molecule has 2 aliphatic carbocycles. The van der Waals surface area contributed by atoms with E-state index in [9.17, 15) is 4.79 Å². The minimum atomic E-state index is -0.462. The molecule has 3 nitrogen and oxygen atoms in total. The van der Waals surface area contributed by atoms with Crippen LogP contribution in [0.2, 0.25) is 0 Å². The summed E-state index contributed by atoms with van der Waals surface area (Å²) < 4.78 is 5.15. The van der Waals surface area contributed by atoms with Gasteiger partial charge in [-0.3, -0.25) is 0 Å². The number of hydrogen-bond donors (Lipinski definition) is 1. The van der Waals surface area contributed by atoms with Gasteiger partial charge in [0.05, 0.1) is 6.04 Å². The van der Waals surface area contributed by atoms with Crippen molar-refractivity contribution in [1.29, 1.82) is 0 Å². The SMILES string of the molecule is O=C(N[C@H](CCl)[C]1[CH][CH][CH][CH]1)OCc1ccccc1.[CH]1[CH][CH][CH][CH]1.[Fe+2]. The summed E-state index contributed by atoms with van der Waals surface area (Å²) in [5, 5.41) is 2.75. The zero-order chi connectivity index (χ0) is 17.0. The molecule has 2 saturated carbocycles. The fourth-order valence-corrected chi connectivity index (χ4v) is 2.32. The molecule has 0 aliphatic heterocycles. The first kappa shape index (κ1) is 22.3. The van der Waals surface area contributed by atoms with Crippen molar-refractivity contribution in [1.82, 2.24) is 5.32 Å². The van der Waals surface area contributed by atoms with Crippen molar-refractivity contribution in [2.24, 2.45) is 0 Å². The van der Waals surface area contributed by atoms with E-state index >= 15 is 0 Å². The first-order valence-corrected chi connectivity index (χ1v) is 8.24. The summed E-state index contributed by atoms with van der Waals surface area (Å²) in [6.45, 7) is 0.253. The molecule has 1 aromatic carbocycles. The zero-order valence-corrected chi connectivity index (χ0v) is 15.5. The Bertz CT molecular complexity index is 454. The second-order valence-electron chi connectivity index (χ2n) is 5.09. The van der Waals surface area contributed by atoms with Gasteiger partial charge in [0.2, 0.25) is 0 Å². The van der Waals surface area contributed by atoms with Gasteiger partial charge >= 0.3 is 23.2 Å². The summed E-state index contributed by atoms with van der Waals surface area (Å²) >= 11 is 5.85. The van der Waals surface area contributed by atoms with Crippen molar-refractivity contribution in [2.45, 2.75) is 12.6 Å². The molecule has 0 unspecified atom stereocenters. The number of alkyl carbamates (subject to hydrolysis) is 1. The molecule has 1 N–H and O–H groups in total. The van der Waals surface area contributed by atoms with E-state index in [1.54, 1.807) is 0 Å². The Morgan fingerprint density at radius 2 is 1.52 bits per heavy atom. The molecular formula is C20H20ClFeNO2+2. The van der Waals surface area contributed by atoms with Gasteiger partial charge in [-0.15, -0.1) is 11.6 Å². The molecule has 0 bridgehead atoms. The van der Waals surface area contributed by atoms with Crippen LogP contribution in [0.5, 0.6) is 0 Å². The Labute approximate surface area is 167 Å². The van der Waals surface area contributed by atoms with Gasteiger partial charge in [0.1, 0.15) is 6.61 Å². The van der Waals surface area contributed by atoms with Crippen LogP contribution in [-0.2, 0) is 28.4 Å². The van der Waals surface area contributed by atoms with Crippen molar-refractivity contribution in [3.05, 3.63) is 99.6 Å². The number of alkyl halides is 1. The third-order valence-electron chi connectivity index (χ3n) is 3.31. The van der Waals surface area contributed by atoms with Gasteiger partial charge in [-0.05, 0) is 63.4 Å². The van der Waals surface area contributed by atoms with E-state index in [1.807, 2.05) is 88.1 Å². The number of rotatable bonds is 5. The van der Waals surface area contributed by atoms with Gasteiger partial charge in [0.25, 0.3) is 0 Å². The molecule has 0 spiro atoms. The number of hydrogen-bond acceptors (Lipinski definition) is 2. The van der Waals surface area contributed by atoms with E-state index in [-0.39, 0.29) is 29.7 Å². The largest absolute Gasteiger partial charge is 2.00 e. The van der Waals surface area contributed by atoms with Crippen LogP contribution in [0.1, 0.15) is 5.56 Å². The number of nitrogens with one attached hydrogen (secondary N) is 1. The molecule has 5 heteroatoms. The van der Waals surface area contributed by atoms with Crippen LogP contribution in [0.3, 0.4) is 0 Å². The molecule has 1 amide bonds. The standard InChI is InChI=1S/C15H15ClNO2.C5H5.Fe/c16-10-14(13-8-4-5-9-13)17-15(18)19-11-12-6-2-1-3-7-12;1-2-4-5-3-1;/h1-9,14H,10-11H2,(H,17,18);1-5H;/q;;+2/t14-;;/m1../s1. The summed E-state index contributed by atoms with van der Waals surface area (Å²) in [6.07, 6.45) is 17.2. The average Bonchev–Trinajstić information content (AvgIpc) is 3.35. The molecule has 0 aromatic heterocycles. The number of halogens is 1. The molecule has 0 saturated heterocycles. The normalized spacial score (nSPS) is 17.8. The third-order valence-corrected chi connectivity index (χ3v) is 3.61. The number of amides is 1. The van der Waals surface area contributed by atoms with Crippen LogP contribution in [-0.4, -0.2) is 18.0 Å². The maximum absolute atomic E-state index is 11.7. The smallest absolute Gasteiger partial charge is 0.445 e. The molecule has 1 aromatic rings. The summed E-state index contributed by atoms with van der Waals surface area (Å²) in [4.78, 5) is 11.7. The molecule has 3 rings (SSSR count). The number of carbonyl (C=O) groups excluding carboxylic acids is 1. The van der Waals surface area contributed by atoms with Crippen LogP contribution in [0, 0.1) is 63.7 Å². The first-order valence-electron chi connectivity index (χ1n) is 7.71. The monoisotopic (exact) mass is 397 g/mol. The van der Waals surface area contributed by atoms with Gasteiger partial charge in [-0.25, -0.2) is 4.79 Å². The van der Waals surface area contributed by atoms with Gasteiger partial charge in [-0.1, -0.05) is 30.3 Å². The van der Waals surface area contributed by atoms with Gasteiger partial charge in [-0.2, -0.15) is 0 Å². The van der Waals surface area contributed by atoms with Crippen molar-refractivity contribution in [3.8, 4) is 0 Å². The number of carbonyl (C=O) groups is 1. The quantitative estimate of drug-likeness (QED) is 0.603. The first-order chi connectivity index (χ1) is 11.8. The van der Waals surface area contributed by atoms with Crippen LogP contribution < -0.4 is 5.32 Å². The van der Waals surface area contributed by atoms with Crippen LogP contribution in [0.25, 0.3) is 0 Å². The second kappa shape index (κ2) is 13.5. The Morgan fingerprint density at radius 1 is 0.960 bits per heavy atom. The van der Waals surface area contributed by atoms with E-state index < -0.39 is 6.09 Å². The van der Waals surface area contributed by atoms with E-state index in [0.29, 0.717) is 5.88 Å². The summed E-state index contributed by atoms with van der Waals surface area (Å²) in [5.41, 5.74) is 0.952. The van der Waals surface area contributed by atoms with E-state index in [2.05, 4.69) is 5.32 Å². The Hall–Kier alpha value is -0.701. The predicted octanol–water partition coefficient (Wildman–Crippen LogP) is 3.94. The minimum absolute atomic E-state index is 0. The molecule has 0 heterocycles. The zero-order valence-electron chi connectivity index (χ0n) is 13.6. The molecule has 2 fully saturated rings. The van der Waals surface area contributed by atoms with Crippen molar-refractivity contribution < 1.29 is 26.6 Å². The average molecular weight is 398 g/mol. The van der Waals surface area contributed by atoms with Crippen molar-refractivity contribution >= 4 is 17.7 Å². The number of ether oxygens (including phenoxy) is 1. The Balaban J connectivity index is 0.000000448. The third kappa shape index (κ3) is 8.98. The molecule has 10 radical (unpaired) electrons. The summed E-state index contributed by atoms with van der Waals surface area (Å²) in [7, 11) is 0. The fraction of sp³-hybridized carbons (Fsp3) is 0.150. The maximum atomic E-state index is 11.7. The molecule has 25 heavy (non-hydrogen) atoms. The second-order valence-corrected chi connectivity index (χ2v) is 5.40. The molecule has 2 aliphatic rings. The number of benzene rings is 1. The summed E-state index contributed by atoms with van der Waals surface area (Å²) in [5.74, 6) is 1.29. The van der Waals surface area contributed by atoms with E-state index in [4.69, 9.17) is 16.3 Å². The Morgan fingerprint density at radius 3 is 2.04 bits per heavy atom. The topological polar surface area (TPSA) is 38.3 Å². The van der Waals surface area contributed by atoms with Crippen molar-refractivity contribution in [3.63, 3.8) is 0 Å². The Kier molecular flexibility index (Phi) is 12.1. The molecule has 1 atom stereocenters. The van der Waals surface area contributed by atoms with Crippen molar-refractivity contribution in [2.75, 3.05) is 5.88 Å². The summed E-state index contributed by atoms with van der Waals surface area (Å²) in [6, 6.07) is 9.32. The maximum Gasteiger partial charge on any atom is 2.00 e. The van der Waals surface area contributed by atoms with E-state index in [0.717, 1.165) is 11.5 Å². The van der Waals surface area contributed by atoms with Crippen LogP contribution >= 0.6 is 11.6 Å². The van der Waals surface area contributed by atoms with Gasteiger partial charge < -0.3 is 10.1 Å². The molecular weight excluding hydrogens is 378 g/mol. The van der Waals surface area contributed by atoms with Crippen LogP contribution in [0.4, 0.5) is 4.79 Å².